The summed E-state index contributed by atoms with van der Waals surface area (Å²) >= 11 is 0. The van der Waals surface area contributed by atoms with Gasteiger partial charge in [0.05, 0.1) is 12.5 Å². The molecular formula is C19H25NO2. The van der Waals surface area contributed by atoms with Crippen molar-refractivity contribution < 1.29 is 9.21 Å². The van der Waals surface area contributed by atoms with Gasteiger partial charge in [-0.15, -0.1) is 0 Å². The second kappa shape index (κ2) is 8.42. The van der Waals surface area contributed by atoms with Crippen LogP contribution in [0, 0.1) is 11.8 Å². The van der Waals surface area contributed by atoms with Crippen LogP contribution in [0.1, 0.15) is 31.4 Å². The van der Waals surface area contributed by atoms with Gasteiger partial charge in [-0.05, 0) is 41.9 Å². The molecule has 1 unspecified atom stereocenters. The Kier molecular flexibility index (Phi) is 6.26. The molecule has 0 spiro atoms. The van der Waals surface area contributed by atoms with Gasteiger partial charge in [0.2, 0.25) is 5.91 Å². The maximum Gasteiger partial charge on any atom is 0.220 e. The summed E-state index contributed by atoms with van der Waals surface area (Å²) in [5.74, 6) is 1.11. The summed E-state index contributed by atoms with van der Waals surface area (Å²) in [5.41, 5.74) is 2.40. The highest BCUT2D eigenvalue weighted by atomic mass is 16.3. The van der Waals surface area contributed by atoms with E-state index in [1.807, 2.05) is 12.1 Å². The first-order valence-corrected chi connectivity index (χ1v) is 7.97. The first kappa shape index (κ1) is 16.3. The molecule has 118 valence electrons. The minimum absolute atomic E-state index is 0.111. The van der Waals surface area contributed by atoms with Crippen LogP contribution < -0.4 is 5.32 Å². The van der Waals surface area contributed by atoms with Gasteiger partial charge >= 0.3 is 0 Å². The zero-order chi connectivity index (χ0) is 15.8. The largest absolute Gasteiger partial charge is 0.472 e. The number of rotatable bonds is 8. The third kappa shape index (κ3) is 5.40. The summed E-state index contributed by atoms with van der Waals surface area (Å²) in [6, 6.07) is 12.4. The summed E-state index contributed by atoms with van der Waals surface area (Å²) in [7, 11) is 0. The summed E-state index contributed by atoms with van der Waals surface area (Å²) in [6.45, 7) is 5.16. The number of aryl methyl sites for hydroxylation is 1. The van der Waals surface area contributed by atoms with E-state index in [4.69, 9.17) is 4.42 Å². The van der Waals surface area contributed by atoms with Gasteiger partial charge in [0.15, 0.2) is 0 Å². The minimum Gasteiger partial charge on any atom is -0.472 e. The van der Waals surface area contributed by atoms with Gasteiger partial charge in [-0.2, -0.15) is 0 Å². The first-order valence-electron chi connectivity index (χ1n) is 7.97. The van der Waals surface area contributed by atoms with Crippen molar-refractivity contribution >= 4 is 5.91 Å². The molecule has 0 bridgehead atoms. The summed E-state index contributed by atoms with van der Waals surface area (Å²) < 4.78 is 5.01. The normalized spacial score (nSPS) is 12.3. The number of carbonyl (C=O) groups excluding carboxylic acids is 1. The lowest BCUT2D eigenvalue weighted by Gasteiger charge is -2.21. The lowest BCUT2D eigenvalue weighted by molar-refractivity contribution is -0.121. The average molecular weight is 299 g/mol. The molecule has 1 aromatic heterocycles. The van der Waals surface area contributed by atoms with Crippen LogP contribution in [0.5, 0.6) is 0 Å². The van der Waals surface area contributed by atoms with E-state index >= 15 is 0 Å². The van der Waals surface area contributed by atoms with Crippen molar-refractivity contribution in [3.05, 3.63) is 60.1 Å². The first-order chi connectivity index (χ1) is 10.6. The maximum atomic E-state index is 12.0. The fraction of sp³-hybridized carbons (Fsp3) is 0.421. The molecule has 1 aromatic carbocycles. The Bertz CT molecular complexity index is 546. The molecule has 0 aliphatic carbocycles. The van der Waals surface area contributed by atoms with Crippen molar-refractivity contribution in [1.29, 1.82) is 0 Å². The maximum absolute atomic E-state index is 12.0. The predicted octanol–water partition coefficient (Wildman–Crippen LogP) is 3.84. The highest BCUT2D eigenvalue weighted by molar-refractivity contribution is 5.76. The van der Waals surface area contributed by atoms with Gasteiger partial charge in [-0.1, -0.05) is 44.2 Å². The van der Waals surface area contributed by atoms with Crippen LogP contribution in [-0.4, -0.2) is 12.5 Å². The molecule has 1 N–H and O–H groups in total. The molecule has 0 saturated carbocycles. The Hall–Kier alpha value is -2.03. The van der Waals surface area contributed by atoms with Crippen LogP contribution in [0.25, 0.3) is 0 Å². The fourth-order valence-corrected chi connectivity index (χ4v) is 2.49. The number of furan rings is 1. The van der Waals surface area contributed by atoms with E-state index in [1.54, 1.807) is 12.5 Å². The van der Waals surface area contributed by atoms with E-state index in [1.165, 1.54) is 5.56 Å². The van der Waals surface area contributed by atoms with Gasteiger partial charge in [-0.25, -0.2) is 0 Å². The lowest BCUT2D eigenvalue weighted by atomic mass is 9.89. The SMILES string of the molecule is CC(C)C(CNC(=O)CCc1ccoc1)Cc1ccccc1. The van der Waals surface area contributed by atoms with Crippen LogP contribution in [0.2, 0.25) is 0 Å². The van der Waals surface area contributed by atoms with Crippen molar-refractivity contribution in [1.82, 2.24) is 5.32 Å². The van der Waals surface area contributed by atoms with Crippen molar-refractivity contribution in [3.63, 3.8) is 0 Å². The van der Waals surface area contributed by atoms with Gasteiger partial charge in [0.1, 0.15) is 0 Å². The zero-order valence-corrected chi connectivity index (χ0v) is 13.4. The molecule has 0 aliphatic rings. The number of amides is 1. The monoisotopic (exact) mass is 299 g/mol. The number of hydrogen-bond acceptors (Lipinski definition) is 2. The lowest BCUT2D eigenvalue weighted by Crippen LogP contribution is -2.32. The number of carbonyl (C=O) groups is 1. The number of benzene rings is 1. The molecule has 1 heterocycles. The van der Waals surface area contributed by atoms with Crippen LogP contribution >= 0.6 is 0 Å². The van der Waals surface area contributed by atoms with E-state index in [0.29, 0.717) is 18.3 Å². The zero-order valence-electron chi connectivity index (χ0n) is 13.4. The summed E-state index contributed by atoms with van der Waals surface area (Å²) in [5, 5.41) is 3.08. The Morgan fingerprint density at radius 2 is 1.91 bits per heavy atom. The molecule has 22 heavy (non-hydrogen) atoms. The molecule has 1 amide bonds. The summed E-state index contributed by atoms with van der Waals surface area (Å²) in [6.07, 6.45) is 5.57. The highest BCUT2D eigenvalue weighted by Crippen LogP contribution is 2.16. The Morgan fingerprint density at radius 3 is 2.55 bits per heavy atom. The molecule has 2 rings (SSSR count). The Morgan fingerprint density at radius 1 is 1.14 bits per heavy atom. The molecule has 2 aromatic rings. The molecule has 0 aliphatic heterocycles. The van der Waals surface area contributed by atoms with E-state index < -0.39 is 0 Å². The van der Waals surface area contributed by atoms with Crippen LogP contribution in [-0.2, 0) is 17.6 Å². The van der Waals surface area contributed by atoms with Crippen molar-refractivity contribution in [3.8, 4) is 0 Å². The van der Waals surface area contributed by atoms with E-state index in [9.17, 15) is 4.79 Å². The van der Waals surface area contributed by atoms with Crippen molar-refractivity contribution in [2.45, 2.75) is 33.1 Å². The molecule has 1 atom stereocenters. The van der Waals surface area contributed by atoms with Crippen molar-refractivity contribution in [2.24, 2.45) is 11.8 Å². The Labute approximate surface area is 132 Å². The number of nitrogens with one attached hydrogen (secondary N) is 1. The average Bonchev–Trinajstić information content (AvgIpc) is 3.03. The van der Waals surface area contributed by atoms with E-state index in [-0.39, 0.29) is 5.91 Å². The van der Waals surface area contributed by atoms with Gasteiger partial charge in [-0.3, -0.25) is 4.79 Å². The molecule has 3 nitrogen and oxygen atoms in total. The number of hydrogen-bond donors (Lipinski definition) is 1. The highest BCUT2D eigenvalue weighted by Gasteiger charge is 2.15. The van der Waals surface area contributed by atoms with Crippen molar-refractivity contribution in [2.75, 3.05) is 6.54 Å². The fourth-order valence-electron chi connectivity index (χ4n) is 2.49. The van der Waals surface area contributed by atoms with E-state index in [0.717, 1.165) is 24.9 Å². The Balaban J connectivity index is 1.77. The molecule has 3 heteroatoms. The topological polar surface area (TPSA) is 42.2 Å². The van der Waals surface area contributed by atoms with Crippen LogP contribution in [0.4, 0.5) is 0 Å². The predicted molar refractivity (Wildman–Crippen MR) is 88.5 cm³/mol. The second-order valence-electron chi connectivity index (χ2n) is 6.13. The molecule has 0 radical (unpaired) electrons. The van der Waals surface area contributed by atoms with Crippen LogP contribution in [0.15, 0.2) is 53.3 Å². The quantitative estimate of drug-likeness (QED) is 0.804. The summed E-state index contributed by atoms with van der Waals surface area (Å²) in [4.78, 5) is 12.0. The van der Waals surface area contributed by atoms with Gasteiger partial charge < -0.3 is 9.73 Å². The molecule has 0 saturated heterocycles. The molecular weight excluding hydrogens is 274 g/mol. The van der Waals surface area contributed by atoms with Gasteiger partial charge in [0, 0.05) is 13.0 Å². The molecule has 0 fully saturated rings. The third-order valence-corrected chi connectivity index (χ3v) is 4.07. The second-order valence-corrected chi connectivity index (χ2v) is 6.13. The minimum atomic E-state index is 0.111. The third-order valence-electron chi connectivity index (χ3n) is 4.07. The van der Waals surface area contributed by atoms with Crippen LogP contribution in [0.3, 0.4) is 0 Å². The van der Waals surface area contributed by atoms with E-state index in [2.05, 4.69) is 43.4 Å². The standard InChI is InChI=1S/C19H25NO2/c1-15(2)18(12-16-6-4-3-5-7-16)13-20-19(21)9-8-17-10-11-22-14-17/h3-7,10-11,14-15,18H,8-9,12-13H2,1-2H3,(H,20,21). The smallest absolute Gasteiger partial charge is 0.220 e. The van der Waals surface area contributed by atoms with Gasteiger partial charge in [0.25, 0.3) is 0 Å².